The van der Waals surface area contributed by atoms with Gasteiger partial charge in [0.1, 0.15) is 17.3 Å². The third-order valence-electron chi connectivity index (χ3n) is 3.59. The van der Waals surface area contributed by atoms with Crippen LogP contribution < -0.4 is 14.8 Å². The normalized spacial score (nSPS) is 10.5. The molecule has 0 fully saturated rings. The van der Waals surface area contributed by atoms with Crippen LogP contribution in [-0.4, -0.2) is 25.1 Å². The van der Waals surface area contributed by atoms with Crippen molar-refractivity contribution in [2.45, 2.75) is 0 Å². The average Bonchev–Trinajstić information content (AvgIpc) is 3.09. The zero-order valence-corrected chi connectivity index (χ0v) is 16.3. The summed E-state index contributed by atoms with van der Waals surface area (Å²) in [7, 11) is 3.15. The second-order valence-electron chi connectivity index (χ2n) is 5.18. The number of thiazole rings is 1. The van der Waals surface area contributed by atoms with Crippen LogP contribution in [0.15, 0.2) is 46.3 Å². The fraction of sp³-hybridized carbons (Fsp3) is 0.111. The van der Waals surface area contributed by atoms with Gasteiger partial charge in [-0.1, -0.05) is 0 Å². The molecule has 3 rings (SSSR count). The maximum Gasteiger partial charge on any atom is 0.258 e. The maximum absolute atomic E-state index is 13.2. The van der Waals surface area contributed by atoms with Crippen LogP contribution in [0.4, 0.5) is 9.52 Å². The Morgan fingerprint density at radius 1 is 1.19 bits per heavy atom. The minimum atomic E-state index is -0.420. The number of carbonyl (C=O) groups excluding carboxylic acids is 1. The summed E-state index contributed by atoms with van der Waals surface area (Å²) < 4.78 is 24.1. The predicted octanol–water partition coefficient (Wildman–Crippen LogP) is 4.98. The monoisotopic (exact) mass is 436 g/mol. The SMILES string of the molecule is COc1ccc(-c2csc(NC(=O)c3ccc(F)cc3Br)n2)c(OC)c1. The minimum Gasteiger partial charge on any atom is -0.497 e. The van der Waals surface area contributed by atoms with Crippen molar-refractivity contribution in [1.82, 2.24) is 4.98 Å². The van der Waals surface area contributed by atoms with Crippen LogP contribution in [0, 0.1) is 5.82 Å². The molecule has 0 spiro atoms. The van der Waals surface area contributed by atoms with E-state index >= 15 is 0 Å². The Kier molecular flexibility index (Phi) is 5.53. The Labute approximate surface area is 161 Å². The molecule has 5 nitrogen and oxygen atoms in total. The quantitative estimate of drug-likeness (QED) is 0.612. The van der Waals surface area contributed by atoms with Crippen LogP contribution in [0.3, 0.4) is 0 Å². The molecule has 0 aliphatic heterocycles. The highest BCUT2D eigenvalue weighted by Crippen LogP contribution is 2.35. The molecule has 8 heteroatoms. The molecule has 26 heavy (non-hydrogen) atoms. The number of aromatic nitrogens is 1. The zero-order valence-electron chi connectivity index (χ0n) is 13.9. The van der Waals surface area contributed by atoms with Gasteiger partial charge >= 0.3 is 0 Å². The molecule has 0 aliphatic carbocycles. The summed E-state index contributed by atoms with van der Waals surface area (Å²) >= 11 is 4.48. The number of hydrogen-bond acceptors (Lipinski definition) is 5. The lowest BCUT2D eigenvalue weighted by molar-refractivity contribution is 0.102. The van der Waals surface area contributed by atoms with Crippen molar-refractivity contribution in [3.05, 3.63) is 57.6 Å². The largest absolute Gasteiger partial charge is 0.497 e. The molecule has 1 N–H and O–H groups in total. The Morgan fingerprint density at radius 3 is 2.69 bits per heavy atom. The lowest BCUT2D eigenvalue weighted by Gasteiger charge is -2.08. The summed E-state index contributed by atoms with van der Waals surface area (Å²) in [6, 6.07) is 9.30. The Morgan fingerprint density at radius 2 is 2.00 bits per heavy atom. The minimum absolute atomic E-state index is 0.324. The number of hydrogen-bond donors (Lipinski definition) is 1. The predicted molar refractivity (Wildman–Crippen MR) is 103 cm³/mol. The third-order valence-corrected chi connectivity index (χ3v) is 5.00. The van der Waals surface area contributed by atoms with E-state index in [1.165, 1.54) is 29.5 Å². The van der Waals surface area contributed by atoms with Crippen LogP contribution in [0.1, 0.15) is 10.4 Å². The van der Waals surface area contributed by atoms with Crippen molar-refractivity contribution in [2.24, 2.45) is 0 Å². The number of anilines is 1. The van der Waals surface area contributed by atoms with E-state index in [1.54, 1.807) is 20.3 Å². The van der Waals surface area contributed by atoms with E-state index in [0.29, 0.717) is 32.4 Å². The van der Waals surface area contributed by atoms with E-state index in [4.69, 9.17) is 9.47 Å². The van der Waals surface area contributed by atoms with E-state index in [-0.39, 0.29) is 5.91 Å². The molecule has 0 atom stereocenters. The summed E-state index contributed by atoms with van der Waals surface area (Å²) in [5.74, 6) is 0.500. The van der Waals surface area contributed by atoms with Crippen molar-refractivity contribution >= 4 is 38.3 Å². The first-order chi connectivity index (χ1) is 12.5. The van der Waals surface area contributed by atoms with Gasteiger partial charge in [-0.25, -0.2) is 9.37 Å². The van der Waals surface area contributed by atoms with Crippen LogP contribution >= 0.6 is 27.3 Å². The molecule has 134 valence electrons. The lowest BCUT2D eigenvalue weighted by Crippen LogP contribution is -2.12. The molecule has 1 heterocycles. The summed E-state index contributed by atoms with van der Waals surface area (Å²) in [6.07, 6.45) is 0. The average molecular weight is 437 g/mol. The number of halogens is 2. The number of rotatable bonds is 5. The first kappa shape index (κ1) is 18.3. The van der Waals surface area contributed by atoms with Gasteiger partial charge in [-0.3, -0.25) is 10.1 Å². The first-order valence-electron chi connectivity index (χ1n) is 7.46. The van der Waals surface area contributed by atoms with Gasteiger partial charge in [0.05, 0.1) is 25.5 Å². The molecule has 1 amide bonds. The van der Waals surface area contributed by atoms with Crippen molar-refractivity contribution in [3.63, 3.8) is 0 Å². The zero-order chi connectivity index (χ0) is 18.7. The lowest BCUT2D eigenvalue weighted by atomic mass is 10.1. The number of nitrogens with zero attached hydrogens (tertiary/aromatic N) is 1. The maximum atomic E-state index is 13.2. The standard InChI is InChI=1S/C18H14BrFN2O3S/c1-24-11-4-6-13(16(8-11)25-2)15-9-26-18(21-15)22-17(23)12-5-3-10(20)7-14(12)19/h3-9H,1-2H3,(H,21,22,23). The van der Waals surface area contributed by atoms with Crippen LogP contribution in [0.25, 0.3) is 11.3 Å². The number of methoxy groups -OCH3 is 2. The molecule has 0 unspecified atom stereocenters. The Hall–Kier alpha value is -2.45. The number of ether oxygens (including phenoxy) is 2. The number of carbonyl (C=O) groups is 1. The van der Waals surface area contributed by atoms with Gasteiger partial charge in [0.2, 0.25) is 0 Å². The highest BCUT2D eigenvalue weighted by Gasteiger charge is 2.15. The van der Waals surface area contributed by atoms with Gasteiger partial charge in [0.25, 0.3) is 5.91 Å². The van der Waals surface area contributed by atoms with Gasteiger partial charge in [-0.2, -0.15) is 0 Å². The van der Waals surface area contributed by atoms with Gasteiger partial charge in [0.15, 0.2) is 5.13 Å². The van der Waals surface area contributed by atoms with Gasteiger partial charge in [0, 0.05) is 21.5 Å². The van der Waals surface area contributed by atoms with E-state index < -0.39 is 5.82 Å². The fourth-order valence-electron chi connectivity index (χ4n) is 2.30. The summed E-state index contributed by atoms with van der Waals surface area (Å²) in [6.45, 7) is 0. The fourth-order valence-corrected chi connectivity index (χ4v) is 3.54. The van der Waals surface area contributed by atoms with E-state index in [1.807, 2.05) is 17.5 Å². The van der Waals surface area contributed by atoms with Crippen molar-refractivity contribution in [1.29, 1.82) is 0 Å². The van der Waals surface area contributed by atoms with Gasteiger partial charge < -0.3 is 9.47 Å². The molecule has 0 radical (unpaired) electrons. The summed E-state index contributed by atoms with van der Waals surface area (Å²) in [5, 5.41) is 4.97. The second kappa shape index (κ2) is 7.84. The van der Waals surface area contributed by atoms with E-state index in [2.05, 4.69) is 26.2 Å². The number of nitrogens with one attached hydrogen (secondary N) is 1. The van der Waals surface area contributed by atoms with Crippen LogP contribution in [0.5, 0.6) is 11.5 Å². The molecule has 0 bridgehead atoms. The first-order valence-corrected chi connectivity index (χ1v) is 9.13. The van der Waals surface area contributed by atoms with Crippen molar-refractivity contribution in [3.8, 4) is 22.8 Å². The van der Waals surface area contributed by atoms with Crippen LogP contribution in [-0.2, 0) is 0 Å². The topological polar surface area (TPSA) is 60.5 Å². The van der Waals surface area contributed by atoms with Crippen molar-refractivity contribution < 1.29 is 18.7 Å². The third kappa shape index (κ3) is 3.86. The molecular formula is C18H14BrFN2O3S. The van der Waals surface area contributed by atoms with E-state index in [9.17, 15) is 9.18 Å². The molecule has 0 saturated heterocycles. The highest BCUT2D eigenvalue weighted by atomic mass is 79.9. The molecule has 2 aromatic carbocycles. The van der Waals surface area contributed by atoms with Gasteiger partial charge in [-0.05, 0) is 46.3 Å². The smallest absolute Gasteiger partial charge is 0.258 e. The molecule has 0 saturated carbocycles. The molecule has 0 aliphatic rings. The Bertz CT molecular complexity index is 961. The summed E-state index contributed by atoms with van der Waals surface area (Å²) in [4.78, 5) is 16.8. The van der Waals surface area contributed by atoms with Crippen LogP contribution in [0.2, 0.25) is 0 Å². The summed E-state index contributed by atoms with van der Waals surface area (Å²) in [5.41, 5.74) is 1.78. The number of benzene rings is 2. The van der Waals surface area contributed by atoms with E-state index in [0.717, 1.165) is 5.56 Å². The molecular weight excluding hydrogens is 423 g/mol. The molecule has 3 aromatic rings. The Balaban J connectivity index is 1.83. The molecule has 1 aromatic heterocycles. The highest BCUT2D eigenvalue weighted by molar-refractivity contribution is 9.10. The second-order valence-corrected chi connectivity index (χ2v) is 6.89. The van der Waals surface area contributed by atoms with Gasteiger partial charge in [-0.15, -0.1) is 11.3 Å². The van der Waals surface area contributed by atoms with Crippen molar-refractivity contribution in [2.75, 3.05) is 19.5 Å². The number of amides is 1.